The van der Waals surface area contributed by atoms with E-state index in [0.29, 0.717) is 73.6 Å². The lowest BCUT2D eigenvalue weighted by Gasteiger charge is -2.29. The van der Waals surface area contributed by atoms with E-state index in [1.165, 1.54) is 0 Å². The average Bonchev–Trinajstić information content (AvgIpc) is 3.26. The SMILES string of the molecule is CC(C)c1ccc(S(=O)(=O)N2CC3C(CNc4ccc(N5CCOCC5)c(F)c4)C3C2)cc1. The highest BCUT2D eigenvalue weighted by Crippen LogP contribution is 2.52. The minimum atomic E-state index is -3.45. The Morgan fingerprint density at radius 3 is 2.33 bits per heavy atom. The third kappa shape index (κ3) is 4.48. The highest BCUT2D eigenvalue weighted by Gasteiger charge is 2.57. The zero-order valence-electron chi connectivity index (χ0n) is 19.2. The van der Waals surface area contributed by atoms with E-state index in [4.69, 9.17) is 4.74 Å². The predicted molar refractivity (Wildman–Crippen MR) is 128 cm³/mol. The summed E-state index contributed by atoms with van der Waals surface area (Å²) in [6.45, 7) is 8.72. The molecule has 0 aromatic heterocycles. The first-order valence-corrected chi connectivity index (χ1v) is 13.2. The summed E-state index contributed by atoms with van der Waals surface area (Å²) < 4.78 is 47.6. The summed E-state index contributed by atoms with van der Waals surface area (Å²) in [4.78, 5) is 2.39. The van der Waals surface area contributed by atoms with E-state index in [9.17, 15) is 12.8 Å². The smallest absolute Gasteiger partial charge is 0.243 e. The molecule has 0 bridgehead atoms. The molecule has 0 spiro atoms. The zero-order valence-corrected chi connectivity index (χ0v) is 20.0. The van der Waals surface area contributed by atoms with Crippen LogP contribution in [0, 0.1) is 23.6 Å². The molecule has 1 aliphatic carbocycles. The molecule has 1 N–H and O–H groups in total. The minimum Gasteiger partial charge on any atom is -0.385 e. The van der Waals surface area contributed by atoms with E-state index >= 15 is 0 Å². The summed E-state index contributed by atoms with van der Waals surface area (Å²) in [6.07, 6.45) is 0. The van der Waals surface area contributed by atoms with Gasteiger partial charge in [-0.05, 0) is 59.6 Å². The number of anilines is 2. The van der Waals surface area contributed by atoms with Gasteiger partial charge in [-0.25, -0.2) is 12.8 Å². The largest absolute Gasteiger partial charge is 0.385 e. The Balaban J connectivity index is 1.14. The Labute approximate surface area is 195 Å². The van der Waals surface area contributed by atoms with Crippen molar-refractivity contribution in [3.63, 3.8) is 0 Å². The molecule has 2 unspecified atom stereocenters. The van der Waals surface area contributed by atoms with Gasteiger partial charge in [-0.2, -0.15) is 4.31 Å². The standard InChI is InChI=1S/C25H32FN3O3S/c1-17(2)18-3-6-20(7-4-18)33(30,31)29-15-22-21(23(22)16-29)14-27-19-5-8-25(24(26)13-19)28-9-11-32-12-10-28/h3-8,13,17,21-23,27H,9-12,14-16H2,1-2H3. The second-order valence-corrected chi connectivity index (χ2v) is 11.6. The lowest BCUT2D eigenvalue weighted by atomic mass is 10.0. The summed E-state index contributed by atoms with van der Waals surface area (Å²) >= 11 is 0. The van der Waals surface area contributed by atoms with E-state index < -0.39 is 10.0 Å². The van der Waals surface area contributed by atoms with Crippen LogP contribution < -0.4 is 10.2 Å². The maximum atomic E-state index is 14.6. The van der Waals surface area contributed by atoms with E-state index in [1.54, 1.807) is 22.5 Å². The van der Waals surface area contributed by atoms with Gasteiger partial charge in [0, 0.05) is 38.4 Å². The molecule has 178 valence electrons. The molecule has 2 aromatic carbocycles. The van der Waals surface area contributed by atoms with Crippen LogP contribution in [-0.4, -0.2) is 58.7 Å². The van der Waals surface area contributed by atoms with E-state index in [1.807, 2.05) is 29.2 Å². The van der Waals surface area contributed by atoms with Crippen LogP contribution in [0.5, 0.6) is 0 Å². The molecule has 3 aliphatic rings. The van der Waals surface area contributed by atoms with Crippen LogP contribution in [0.3, 0.4) is 0 Å². The number of morpholine rings is 1. The lowest BCUT2D eigenvalue weighted by Crippen LogP contribution is -2.36. The second-order valence-electron chi connectivity index (χ2n) is 9.68. The Bertz CT molecular complexity index is 1090. The Kier molecular flexibility index (Phi) is 6.09. The molecule has 2 heterocycles. The molecule has 33 heavy (non-hydrogen) atoms. The fourth-order valence-electron chi connectivity index (χ4n) is 5.20. The number of piperidine rings is 1. The van der Waals surface area contributed by atoms with Gasteiger partial charge in [0.15, 0.2) is 0 Å². The monoisotopic (exact) mass is 473 g/mol. The van der Waals surface area contributed by atoms with E-state index in [-0.39, 0.29) is 5.82 Å². The number of benzene rings is 2. The number of hydrogen-bond donors (Lipinski definition) is 1. The number of hydrogen-bond acceptors (Lipinski definition) is 5. The van der Waals surface area contributed by atoms with Gasteiger partial charge in [-0.3, -0.25) is 0 Å². The predicted octanol–water partition coefficient (Wildman–Crippen LogP) is 3.76. The van der Waals surface area contributed by atoms with Crippen LogP contribution in [0.15, 0.2) is 47.4 Å². The van der Waals surface area contributed by atoms with Gasteiger partial charge in [-0.1, -0.05) is 26.0 Å². The maximum Gasteiger partial charge on any atom is 0.243 e. The Morgan fingerprint density at radius 2 is 1.73 bits per heavy atom. The number of rotatable bonds is 7. The van der Waals surface area contributed by atoms with E-state index in [2.05, 4.69) is 19.2 Å². The number of nitrogens with zero attached hydrogens (tertiary/aromatic N) is 2. The highest BCUT2D eigenvalue weighted by molar-refractivity contribution is 7.89. The van der Waals surface area contributed by atoms with Gasteiger partial charge < -0.3 is 15.0 Å². The molecule has 2 aliphatic heterocycles. The fraction of sp³-hybridized carbons (Fsp3) is 0.520. The fourth-order valence-corrected chi connectivity index (χ4v) is 6.71. The van der Waals surface area contributed by atoms with Crippen molar-refractivity contribution in [1.82, 2.24) is 4.31 Å². The van der Waals surface area contributed by atoms with Crippen molar-refractivity contribution in [2.45, 2.75) is 24.7 Å². The molecule has 2 saturated heterocycles. The summed E-state index contributed by atoms with van der Waals surface area (Å²) in [7, 11) is -3.45. The number of fused-ring (bicyclic) bond motifs is 1. The summed E-state index contributed by atoms with van der Waals surface area (Å²) in [5.74, 6) is 1.33. The van der Waals surface area contributed by atoms with Crippen molar-refractivity contribution in [1.29, 1.82) is 0 Å². The molecule has 0 radical (unpaired) electrons. The second kappa shape index (κ2) is 8.89. The Hall–Kier alpha value is -2.16. The van der Waals surface area contributed by atoms with Crippen molar-refractivity contribution in [3.05, 3.63) is 53.8 Å². The molecular weight excluding hydrogens is 441 g/mol. The molecule has 3 fully saturated rings. The van der Waals surface area contributed by atoms with Gasteiger partial charge in [0.1, 0.15) is 5.82 Å². The molecule has 2 aromatic rings. The third-order valence-electron chi connectivity index (χ3n) is 7.36. The van der Waals surface area contributed by atoms with Gasteiger partial charge in [0.25, 0.3) is 0 Å². The van der Waals surface area contributed by atoms with Crippen molar-refractivity contribution >= 4 is 21.4 Å². The first-order chi connectivity index (χ1) is 15.8. The van der Waals surface area contributed by atoms with Crippen molar-refractivity contribution in [2.75, 3.05) is 56.2 Å². The minimum absolute atomic E-state index is 0.223. The van der Waals surface area contributed by atoms with Crippen LogP contribution in [0.4, 0.5) is 15.8 Å². The van der Waals surface area contributed by atoms with Crippen LogP contribution in [0.1, 0.15) is 25.3 Å². The first kappa shape index (κ1) is 22.6. The normalized spacial score (nSPS) is 25.3. The van der Waals surface area contributed by atoms with Crippen LogP contribution in [0.2, 0.25) is 0 Å². The summed E-state index contributed by atoms with van der Waals surface area (Å²) in [5.41, 5.74) is 2.53. The Morgan fingerprint density at radius 1 is 1.06 bits per heavy atom. The molecule has 8 heteroatoms. The van der Waals surface area contributed by atoms with Gasteiger partial charge in [0.2, 0.25) is 10.0 Å². The van der Waals surface area contributed by atoms with Gasteiger partial charge in [-0.15, -0.1) is 0 Å². The number of nitrogens with one attached hydrogen (secondary N) is 1. The quantitative estimate of drug-likeness (QED) is 0.664. The summed E-state index contributed by atoms with van der Waals surface area (Å²) in [5, 5.41) is 3.36. The van der Waals surface area contributed by atoms with Crippen LogP contribution in [0.25, 0.3) is 0 Å². The zero-order chi connectivity index (χ0) is 23.2. The molecular formula is C25H32FN3O3S. The van der Waals surface area contributed by atoms with Crippen LogP contribution in [-0.2, 0) is 14.8 Å². The van der Waals surface area contributed by atoms with E-state index in [0.717, 1.165) is 17.8 Å². The van der Waals surface area contributed by atoms with Crippen molar-refractivity contribution < 1.29 is 17.5 Å². The van der Waals surface area contributed by atoms with Crippen molar-refractivity contribution in [3.8, 4) is 0 Å². The molecule has 0 amide bonds. The van der Waals surface area contributed by atoms with Crippen LogP contribution >= 0.6 is 0 Å². The highest BCUT2D eigenvalue weighted by atomic mass is 32.2. The number of halogens is 1. The lowest BCUT2D eigenvalue weighted by molar-refractivity contribution is 0.122. The molecule has 6 nitrogen and oxygen atoms in total. The van der Waals surface area contributed by atoms with Crippen molar-refractivity contribution in [2.24, 2.45) is 17.8 Å². The number of sulfonamides is 1. The number of ether oxygens (including phenoxy) is 1. The van der Waals surface area contributed by atoms with Gasteiger partial charge in [0.05, 0.1) is 23.8 Å². The molecule has 2 atom stereocenters. The maximum absolute atomic E-state index is 14.6. The average molecular weight is 474 g/mol. The molecule has 1 saturated carbocycles. The summed E-state index contributed by atoms with van der Waals surface area (Å²) in [6, 6.07) is 12.6. The first-order valence-electron chi connectivity index (χ1n) is 11.8. The topological polar surface area (TPSA) is 61.9 Å². The third-order valence-corrected chi connectivity index (χ3v) is 9.21. The molecule has 5 rings (SSSR count). The van der Waals surface area contributed by atoms with Gasteiger partial charge >= 0.3 is 0 Å².